The number of rotatable bonds is 5. The van der Waals surface area contributed by atoms with E-state index < -0.39 is 5.69 Å². The minimum absolute atomic E-state index is 0.193. The quantitative estimate of drug-likeness (QED) is 0.520. The zero-order chi connectivity index (χ0) is 21.4. The van der Waals surface area contributed by atoms with Crippen LogP contribution in [0.5, 0.6) is 11.5 Å². The molecule has 10 heteroatoms. The van der Waals surface area contributed by atoms with E-state index in [9.17, 15) is 9.59 Å². The molecule has 0 bridgehead atoms. The Hall–Kier alpha value is -4.21. The summed E-state index contributed by atoms with van der Waals surface area (Å²) >= 11 is 0. The summed E-state index contributed by atoms with van der Waals surface area (Å²) in [5.74, 6) is 1.46. The van der Waals surface area contributed by atoms with Crippen LogP contribution in [0.15, 0.2) is 53.5 Å². The molecule has 0 saturated carbocycles. The summed E-state index contributed by atoms with van der Waals surface area (Å²) in [6.07, 6.45) is 1.67. The standard InChI is InChI=1S/C21H18N6O4/c1-13-24-16(15-4-2-3-7-22-15)9-19-25-26(21(29)27(13)19)11-20(28)23-10-14-5-6-17-18(8-14)31-12-30-17/h2-9H,10-12H2,1H3,(H,23,28). The van der Waals surface area contributed by atoms with E-state index in [1.807, 2.05) is 30.3 Å². The first-order valence-corrected chi connectivity index (χ1v) is 9.62. The number of nitrogens with one attached hydrogen (secondary N) is 1. The molecule has 0 radical (unpaired) electrons. The first kappa shape index (κ1) is 18.8. The van der Waals surface area contributed by atoms with Gasteiger partial charge in [-0.1, -0.05) is 12.1 Å². The highest BCUT2D eigenvalue weighted by Crippen LogP contribution is 2.32. The third kappa shape index (κ3) is 3.59. The van der Waals surface area contributed by atoms with Crippen molar-refractivity contribution in [3.05, 3.63) is 70.5 Å². The largest absolute Gasteiger partial charge is 0.454 e. The van der Waals surface area contributed by atoms with Crippen LogP contribution in [0.2, 0.25) is 0 Å². The number of fused-ring (bicyclic) bond motifs is 2. The Morgan fingerprint density at radius 2 is 2.00 bits per heavy atom. The molecule has 5 rings (SSSR count). The van der Waals surface area contributed by atoms with Gasteiger partial charge in [0.1, 0.15) is 12.4 Å². The third-order valence-electron chi connectivity index (χ3n) is 4.88. The van der Waals surface area contributed by atoms with Gasteiger partial charge < -0.3 is 14.8 Å². The summed E-state index contributed by atoms with van der Waals surface area (Å²) < 4.78 is 13.1. The van der Waals surface area contributed by atoms with Gasteiger partial charge in [0.2, 0.25) is 12.7 Å². The van der Waals surface area contributed by atoms with E-state index in [0.717, 1.165) is 10.2 Å². The van der Waals surface area contributed by atoms with E-state index in [4.69, 9.17) is 9.47 Å². The predicted molar refractivity (Wildman–Crippen MR) is 110 cm³/mol. The lowest BCUT2D eigenvalue weighted by atomic mass is 10.2. The number of ether oxygens (including phenoxy) is 2. The average Bonchev–Trinajstić information content (AvgIpc) is 3.37. The van der Waals surface area contributed by atoms with Crippen molar-refractivity contribution in [2.75, 3.05) is 6.79 Å². The van der Waals surface area contributed by atoms with Crippen molar-refractivity contribution in [1.82, 2.24) is 29.5 Å². The Bertz CT molecular complexity index is 1350. The van der Waals surface area contributed by atoms with Crippen LogP contribution in [0.1, 0.15) is 11.4 Å². The van der Waals surface area contributed by atoms with Crippen LogP contribution in [0.3, 0.4) is 0 Å². The van der Waals surface area contributed by atoms with Crippen LogP contribution in [0, 0.1) is 6.92 Å². The molecule has 1 amide bonds. The molecule has 31 heavy (non-hydrogen) atoms. The number of hydrogen-bond donors (Lipinski definition) is 1. The molecule has 1 aliphatic heterocycles. The van der Waals surface area contributed by atoms with E-state index in [2.05, 4.69) is 20.4 Å². The number of carbonyl (C=O) groups is 1. The molecule has 0 aliphatic carbocycles. The van der Waals surface area contributed by atoms with E-state index in [1.165, 1.54) is 4.40 Å². The second-order valence-corrected chi connectivity index (χ2v) is 7.00. The summed E-state index contributed by atoms with van der Waals surface area (Å²) in [7, 11) is 0. The van der Waals surface area contributed by atoms with Gasteiger partial charge in [-0.2, -0.15) is 0 Å². The monoisotopic (exact) mass is 418 g/mol. The van der Waals surface area contributed by atoms with Gasteiger partial charge >= 0.3 is 5.69 Å². The number of carbonyl (C=O) groups excluding carboxylic acids is 1. The molecule has 10 nitrogen and oxygen atoms in total. The van der Waals surface area contributed by atoms with Crippen molar-refractivity contribution in [3.8, 4) is 22.9 Å². The highest BCUT2D eigenvalue weighted by atomic mass is 16.7. The van der Waals surface area contributed by atoms with Crippen LogP contribution < -0.4 is 20.5 Å². The lowest BCUT2D eigenvalue weighted by Gasteiger charge is -2.06. The number of benzene rings is 1. The van der Waals surface area contributed by atoms with Crippen LogP contribution in [0.25, 0.3) is 17.0 Å². The highest BCUT2D eigenvalue weighted by molar-refractivity contribution is 5.75. The molecular weight excluding hydrogens is 400 g/mol. The fourth-order valence-electron chi connectivity index (χ4n) is 3.39. The Morgan fingerprint density at radius 1 is 1.13 bits per heavy atom. The number of nitrogens with zero attached hydrogens (tertiary/aromatic N) is 5. The lowest BCUT2D eigenvalue weighted by molar-refractivity contribution is -0.122. The highest BCUT2D eigenvalue weighted by Gasteiger charge is 2.16. The van der Waals surface area contributed by atoms with Crippen LogP contribution in [-0.4, -0.2) is 36.8 Å². The van der Waals surface area contributed by atoms with Crippen molar-refractivity contribution in [3.63, 3.8) is 0 Å². The minimum Gasteiger partial charge on any atom is -0.454 e. The number of amides is 1. The lowest BCUT2D eigenvalue weighted by Crippen LogP contribution is -2.32. The number of aryl methyl sites for hydroxylation is 1. The Kier molecular flexibility index (Phi) is 4.58. The molecule has 1 aliphatic rings. The smallest absolute Gasteiger partial charge is 0.352 e. The molecule has 0 spiro atoms. The topological polar surface area (TPSA) is 113 Å². The molecule has 4 heterocycles. The second kappa shape index (κ2) is 7.56. The summed E-state index contributed by atoms with van der Waals surface area (Å²) in [6, 6.07) is 12.6. The zero-order valence-corrected chi connectivity index (χ0v) is 16.6. The maximum Gasteiger partial charge on any atom is 0.352 e. The molecule has 3 aromatic heterocycles. The molecular formula is C21H18N6O4. The molecule has 0 unspecified atom stereocenters. The van der Waals surface area contributed by atoms with Crippen molar-refractivity contribution in [2.45, 2.75) is 20.0 Å². The molecule has 0 fully saturated rings. The van der Waals surface area contributed by atoms with Gasteiger partial charge in [0.25, 0.3) is 0 Å². The minimum atomic E-state index is -0.425. The van der Waals surface area contributed by atoms with Gasteiger partial charge in [-0.05, 0) is 36.8 Å². The predicted octanol–water partition coefficient (Wildman–Crippen LogP) is 1.31. The Labute approximate surface area is 176 Å². The fourth-order valence-corrected chi connectivity index (χ4v) is 3.39. The molecule has 156 valence electrons. The van der Waals surface area contributed by atoms with Gasteiger partial charge in [0, 0.05) is 18.8 Å². The van der Waals surface area contributed by atoms with Crippen molar-refractivity contribution in [1.29, 1.82) is 0 Å². The van der Waals surface area contributed by atoms with Crippen molar-refractivity contribution in [2.24, 2.45) is 0 Å². The molecule has 4 aromatic rings. The average molecular weight is 418 g/mol. The van der Waals surface area contributed by atoms with Crippen LogP contribution >= 0.6 is 0 Å². The number of pyridine rings is 1. The van der Waals surface area contributed by atoms with E-state index in [0.29, 0.717) is 40.9 Å². The van der Waals surface area contributed by atoms with Crippen molar-refractivity contribution >= 4 is 11.6 Å². The molecule has 1 N–H and O–H groups in total. The summed E-state index contributed by atoms with van der Waals surface area (Å²) in [5.41, 5.74) is 2.12. The molecule has 0 saturated heterocycles. The number of aromatic nitrogens is 5. The van der Waals surface area contributed by atoms with Crippen molar-refractivity contribution < 1.29 is 14.3 Å². The van der Waals surface area contributed by atoms with Gasteiger partial charge in [0.05, 0.1) is 11.4 Å². The summed E-state index contributed by atoms with van der Waals surface area (Å²) in [6.45, 7) is 2.00. The second-order valence-electron chi connectivity index (χ2n) is 7.00. The van der Waals surface area contributed by atoms with Gasteiger partial charge in [-0.25, -0.2) is 18.9 Å². The van der Waals surface area contributed by atoms with E-state index in [-0.39, 0.29) is 19.2 Å². The summed E-state index contributed by atoms with van der Waals surface area (Å²) in [4.78, 5) is 33.9. The normalized spacial score (nSPS) is 12.3. The zero-order valence-electron chi connectivity index (χ0n) is 16.6. The van der Waals surface area contributed by atoms with Gasteiger partial charge in [0.15, 0.2) is 17.1 Å². The van der Waals surface area contributed by atoms with E-state index >= 15 is 0 Å². The summed E-state index contributed by atoms with van der Waals surface area (Å²) in [5, 5.41) is 7.10. The SMILES string of the molecule is Cc1nc(-c2ccccn2)cc2nn(CC(=O)NCc3ccc4c(c3)OCO4)c(=O)n12. The maximum absolute atomic E-state index is 12.7. The molecule has 1 aromatic carbocycles. The third-order valence-corrected chi connectivity index (χ3v) is 4.88. The molecule has 0 atom stereocenters. The first-order chi connectivity index (χ1) is 15.1. The number of hydrogen-bond acceptors (Lipinski definition) is 7. The first-order valence-electron chi connectivity index (χ1n) is 9.62. The van der Waals surface area contributed by atoms with Gasteiger partial charge in [-0.3, -0.25) is 9.78 Å². The Morgan fingerprint density at radius 3 is 2.84 bits per heavy atom. The maximum atomic E-state index is 12.7. The van der Waals surface area contributed by atoms with Gasteiger partial charge in [-0.15, -0.1) is 5.10 Å². The Balaban J connectivity index is 1.34. The van der Waals surface area contributed by atoms with Crippen LogP contribution in [-0.2, 0) is 17.9 Å². The van der Waals surface area contributed by atoms with E-state index in [1.54, 1.807) is 25.3 Å². The van der Waals surface area contributed by atoms with Crippen LogP contribution in [0.4, 0.5) is 0 Å². The fraction of sp³-hybridized carbons (Fsp3) is 0.190.